The molecule has 6 heteroatoms. The number of rotatable bonds is 2. The number of hydrogen-bond donors (Lipinski definition) is 0. The molecule has 0 radical (unpaired) electrons. The van der Waals surface area contributed by atoms with Crippen LogP contribution in [0.3, 0.4) is 0 Å². The van der Waals surface area contributed by atoms with E-state index in [1.807, 2.05) is 20.8 Å². The second kappa shape index (κ2) is 6.26. The summed E-state index contributed by atoms with van der Waals surface area (Å²) >= 11 is 0. The third-order valence-corrected chi connectivity index (χ3v) is 4.03. The van der Waals surface area contributed by atoms with Gasteiger partial charge in [-0.2, -0.15) is 0 Å². The molecule has 2 aromatic rings. The average Bonchev–Trinajstić information content (AvgIpc) is 2.96. The first-order valence-corrected chi connectivity index (χ1v) is 8.36. The first-order valence-electron chi connectivity index (χ1n) is 8.36. The minimum atomic E-state index is -0.492. The van der Waals surface area contributed by atoms with Crippen molar-refractivity contribution in [1.29, 1.82) is 0 Å². The zero-order valence-electron chi connectivity index (χ0n) is 14.7. The summed E-state index contributed by atoms with van der Waals surface area (Å²) in [6, 6.07) is 8.40. The highest BCUT2D eigenvalue weighted by atomic mass is 16.6. The number of hydrogen-bond acceptors (Lipinski definition) is 4. The zero-order chi connectivity index (χ0) is 17.3. The monoisotopic (exact) mass is 328 g/mol. The van der Waals surface area contributed by atoms with Crippen LogP contribution in [0.2, 0.25) is 0 Å². The van der Waals surface area contributed by atoms with E-state index in [0.29, 0.717) is 19.6 Å². The summed E-state index contributed by atoms with van der Waals surface area (Å²) in [6.07, 6.45) is 0.717. The largest absolute Gasteiger partial charge is 0.444 e. The quantitative estimate of drug-likeness (QED) is 0.849. The minimum absolute atomic E-state index is 0.300. The SMILES string of the molecule is CCc1ccc(-c2nnc3n2CCN(C(=O)OC(C)(C)C)C3)cc1. The van der Waals surface area contributed by atoms with Gasteiger partial charge in [0.2, 0.25) is 0 Å². The predicted octanol–water partition coefficient (Wildman–Crippen LogP) is 3.26. The Kier molecular flexibility index (Phi) is 4.30. The van der Waals surface area contributed by atoms with Gasteiger partial charge in [-0.25, -0.2) is 4.79 Å². The Hall–Kier alpha value is -2.37. The maximum atomic E-state index is 12.2. The van der Waals surface area contributed by atoms with E-state index < -0.39 is 5.60 Å². The lowest BCUT2D eigenvalue weighted by molar-refractivity contribution is 0.0196. The van der Waals surface area contributed by atoms with E-state index in [1.54, 1.807) is 4.90 Å². The Morgan fingerprint density at radius 2 is 1.88 bits per heavy atom. The number of nitrogens with zero attached hydrogens (tertiary/aromatic N) is 4. The van der Waals surface area contributed by atoms with Crippen molar-refractivity contribution in [2.45, 2.75) is 52.8 Å². The molecule has 0 N–H and O–H groups in total. The van der Waals surface area contributed by atoms with E-state index >= 15 is 0 Å². The van der Waals surface area contributed by atoms with E-state index in [-0.39, 0.29) is 6.09 Å². The van der Waals surface area contributed by atoms with Crippen molar-refractivity contribution >= 4 is 6.09 Å². The molecule has 0 aliphatic carbocycles. The Morgan fingerprint density at radius 1 is 1.17 bits per heavy atom. The molecule has 0 saturated carbocycles. The molecule has 0 unspecified atom stereocenters. The lowest BCUT2D eigenvalue weighted by Gasteiger charge is -2.30. The Bertz CT molecular complexity index is 728. The molecular weight excluding hydrogens is 304 g/mol. The van der Waals surface area contributed by atoms with Crippen molar-refractivity contribution in [1.82, 2.24) is 19.7 Å². The van der Waals surface area contributed by atoms with Gasteiger partial charge in [0, 0.05) is 18.7 Å². The van der Waals surface area contributed by atoms with E-state index in [1.165, 1.54) is 5.56 Å². The zero-order valence-corrected chi connectivity index (χ0v) is 14.7. The molecule has 0 saturated heterocycles. The van der Waals surface area contributed by atoms with Crippen molar-refractivity contribution in [3.63, 3.8) is 0 Å². The smallest absolute Gasteiger partial charge is 0.410 e. The third kappa shape index (κ3) is 3.42. The standard InChI is InChI=1S/C18H24N4O2/c1-5-13-6-8-14(9-7-13)16-20-19-15-12-21(10-11-22(15)16)17(23)24-18(2,3)4/h6-9H,5,10-12H2,1-4H3. The highest BCUT2D eigenvalue weighted by molar-refractivity contribution is 5.68. The molecule has 1 aromatic heterocycles. The second-order valence-corrected chi connectivity index (χ2v) is 7.04. The van der Waals surface area contributed by atoms with Crippen LogP contribution in [0.4, 0.5) is 4.79 Å². The van der Waals surface area contributed by atoms with Gasteiger partial charge in [0.05, 0.1) is 6.54 Å². The van der Waals surface area contributed by atoms with E-state index in [0.717, 1.165) is 23.6 Å². The van der Waals surface area contributed by atoms with Crippen LogP contribution < -0.4 is 0 Å². The molecular formula is C18H24N4O2. The maximum Gasteiger partial charge on any atom is 0.410 e. The second-order valence-electron chi connectivity index (χ2n) is 7.04. The fourth-order valence-corrected chi connectivity index (χ4v) is 2.74. The maximum absolute atomic E-state index is 12.2. The van der Waals surface area contributed by atoms with Gasteiger partial charge >= 0.3 is 6.09 Å². The van der Waals surface area contributed by atoms with Gasteiger partial charge in [0.25, 0.3) is 0 Å². The molecule has 0 bridgehead atoms. The Balaban J connectivity index is 1.77. The fourth-order valence-electron chi connectivity index (χ4n) is 2.74. The summed E-state index contributed by atoms with van der Waals surface area (Å²) in [4.78, 5) is 13.9. The lowest BCUT2D eigenvalue weighted by Crippen LogP contribution is -2.41. The van der Waals surface area contributed by atoms with Gasteiger partial charge in [-0.15, -0.1) is 10.2 Å². The van der Waals surface area contributed by atoms with Gasteiger partial charge in [-0.3, -0.25) is 4.90 Å². The van der Waals surface area contributed by atoms with Gasteiger partial charge in [-0.1, -0.05) is 31.2 Å². The molecule has 3 rings (SSSR count). The first-order chi connectivity index (χ1) is 11.4. The number of carbonyl (C=O) groups excluding carboxylic acids is 1. The topological polar surface area (TPSA) is 60.2 Å². The molecule has 0 atom stereocenters. The van der Waals surface area contributed by atoms with Gasteiger partial charge < -0.3 is 9.30 Å². The van der Waals surface area contributed by atoms with Crippen molar-refractivity contribution in [2.24, 2.45) is 0 Å². The average molecular weight is 328 g/mol. The van der Waals surface area contributed by atoms with Crippen LogP contribution >= 0.6 is 0 Å². The molecule has 24 heavy (non-hydrogen) atoms. The number of ether oxygens (including phenoxy) is 1. The van der Waals surface area contributed by atoms with Crippen molar-refractivity contribution in [3.8, 4) is 11.4 Å². The number of carbonyl (C=O) groups is 1. The number of fused-ring (bicyclic) bond motifs is 1. The molecule has 1 aromatic carbocycles. The summed E-state index contributed by atoms with van der Waals surface area (Å²) in [5, 5.41) is 8.59. The summed E-state index contributed by atoms with van der Waals surface area (Å²) < 4.78 is 7.52. The highest BCUT2D eigenvalue weighted by Crippen LogP contribution is 2.23. The third-order valence-electron chi connectivity index (χ3n) is 4.03. The summed E-state index contributed by atoms with van der Waals surface area (Å²) in [7, 11) is 0. The molecule has 1 aliphatic heterocycles. The summed E-state index contributed by atoms with van der Waals surface area (Å²) in [5.74, 6) is 1.65. The summed E-state index contributed by atoms with van der Waals surface area (Å²) in [6.45, 7) is 9.45. The summed E-state index contributed by atoms with van der Waals surface area (Å²) in [5.41, 5.74) is 1.86. The van der Waals surface area contributed by atoms with Crippen LogP contribution in [0.15, 0.2) is 24.3 Å². The number of amides is 1. The number of aromatic nitrogens is 3. The van der Waals surface area contributed by atoms with Crippen LogP contribution in [-0.4, -0.2) is 37.9 Å². The predicted molar refractivity (Wildman–Crippen MR) is 91.5 cm³/mol. The fraction of sp³-hybridized carbons (Fsp3) is 0.500. The highest BCUT2D eigenvalue weighted by Gasteiger charge is 2.28. The molecule has 0 fully saturated rings. The Morgan fingerprint density at radius 3 is 2.50 bits per heavy atom. The molecule has 1 amide bonds. The van der Waals surface area contributed by atoms with Gasteiger partial charge in [0.15, 0.2) is 11.6 Å². The van der Waals surface area contributed by atoms with Crippen LogP contribution in [0.1, 0.15) is 39.1 Å². The molecule has 6 nitrogen and oxygen atoms in total. The minimum Gasteiger partial charge on any atom is -0.444 e. The van der Waals surface area contributed by atoms with E-state index in [2.05, 4.69) is 46.0 Å². The van der Waals surface area contributed by atoms with Crippen LogP contribution in [0.5, 0.6) is 0 Å². The molecule has 1 aliphatic rings. The molecule has 128 valence electrons. The van der Waals surface area contributed by atoms with Crippen molar-refractivity contribution in [2.75, 3.05) is 6.54 Å². The first kappa shape index (κ1) is 16.5. The van der Waals surface area contributed by atoms with Gasteiger partial charge in [0.1, 0.15) is 5.60 Å². The van der Waals surface area contributed by atoms with E-state index in [4.69, 9.17) is 4.74 Å². The number of aryl methyl sites for hydroxylation is 1. The van der Waals surface area contributed by atoms with Gasteiger partial charge in [-0.05, 0) is 32.8 Å². The van der Waals surface area contributed by atoms with Crippen LogP contribution in [0.25, 0.3) is 11.4 Å². The van der Waals surface area contributed by atoms with Crippen molar-refractivity contribution < 1.29 is 9.53 Å². The number of benzene rings is 1. The Labute approximate surface area is 142 Å². The lowest BCUT2D eigenvalue weighted by atomic mass is 10.1. The van der Waals surface area contributed by atoms with Crippen LogP contribution in [-0.2, 0) is 24.2 Å². The van der Waals surface area contributed by atoms with E-state index in [9.17, 15) is 4.79 Å². The van der Waals surface area contributed by atoms with Crippen molar-refractivity contribution in [3.05, 3.63) is 35.7 Å². The molecule has 0 spiro atoms. The molecule has 2 heterocycles. The normalized spacial score (nSPS) is 14.4. The van der Waals surface area contributed by atoms with Crippen LogP contribution in [0, 0.1) is 0 Å².